The van der Waals surface area contributed by atoms with E-state index in [2.05, 4.69) is 29.3 Å². The third-order valence-electron chi connectivity index (χ3n) is 2.84. The zero-order chi connectivity index (χ0) is 12.4. The molecule has 0 fully saturated rings. The number of aryl methyl sites for hydroxylation is 2. The van der Waals surface area contributed by atoms with E-state index in [0.29, 0.717) is 0 Å². The highest BCUT2D eigenvalue weighted by Gasteiger charge is 2.16. The molecule has 0 radical (unpaired) electrons. The second kappa shape index (κ2) is 4.71. The van der Waals surface area contributed by atoms with Gasteiger partial charge in [-0.25, -0.2) is 4.98 Å². The molecule has 0 saturated heterocycles. The number of imidazole rings is 1. The maximum Gasteiger partial charge on any atom is 0.133 e. The van der Waals surface area contributed by atoms with E-state index in [1.807, 2.05) is 30.8 Å². The highest BCUT2D eigenvalue weighted by atomic mass is 16.5. The Morgan fingerprint density at radius 1 is 1.35 bits per heavy atom. The molecule has 5 nitrogen and oxygen atoms in total. The van der Waals surface area contributed by atoms with E-state index in [-0.39, 0.29) is 12.1 Å². The third-order valence-corrected chi connectivity index (χ3v) is 2.84. The summed E-state index contributed by atoms with van der Waals surface area (Å²) in [6.07, 6.45) is 3.75. The Morgan fingerprint density at radius 3 is 2.65 bits per heavy atom. The van der Waals surface area contributed by atoms with E-state index in [1.165, 1.54) is 0 Å². The maximum atomic E-state index is 5.07. The van der Waals surface area contributed by atoms with Gasteiger partial charge in [-0.3, -0.25) is 5.32 Å². The average molecular weight is 234 g/mol. The Labute approximate surface area is 101 Å². The highest BCUT2D eigenvalue weighted by molar-refractivity contribution is 5.09. The standard InChI is InChI=1S/C12H18N4O/c1-8-7-11(15-17-8)9(2)14-10(3)12-13-5-6-16(12)4/h5-7,9-10,14H,1-4H3. The molecule has 2 rings (SSSR count). The molecule has 0 aliphatic rings. The summed E-state index contributed by atoms with van der Waals surface area (Å²) in [5.74, 6) is 1.84. The summed E-state index contributed by atoms with van der Waals surface area (Å²) < 4.78 is 7.08. The van der Waals surface area contributed by atoms with E-state index < -0.39 is 0 Å². The lowest BCUT2D eigenvalue weighted by Crippen LogP contribution is -2.24. The topological polar surface area (TPSA) is 55.9 Å². The van der Waals surface area contributed by atoms with Crippen molar-refractivity contribution in [2.45, 2.75) is 32.9 Å². The maximum absolute atomic E-state index is 5.07. The molecule has 0 aromatic carbocycles. The van der Waals surface area contributed by atoms with E-state index in [4.69, 9.17) is 4.52 Å². The van der Waals surface area contributed by atoms with Crippen LogP contribution in [0.1, 0.15) is 43.2 Å². The highest BCUT2D eigenvalue weighted by Crippen LogP contribution is 2.17. The molecule has 17 heavy (non-hydrogen) atoms. The van der Waals surface area contributed by atoms with Gasteiger partial charge in [0.25, 0.3) is 0 Å². The SMILES string of the molecule is Cc1cc(C(C)NC(C)c2nccn2C)no1. The van der Waals surface area contributed by atoms with Crippen molar-refractivity contribution < 1.29 is 4.52 Å². The summed E-state index contributed by atoms with van der Waals surface area (Å²) in [5, 5.41) is 7.45. The Kier molecular flexibility index (Phi) is 3.28. The molecule has 2 heterocycles. The molecule has 5 heteroatoms. The molecule has 2 aromatic heterocycles. The van der Waals surface area contributed by atoms with E-state index in [0.717, 1.165) is 17.3 Å². The van der Waals surface area contributed by atoms with Gasteiger partial charge in [0.1, 0.15) is 17.3 Å². The van der Waals surface area contributed by atoms with E-state index in [1.54, 1.807) is 6.20 Å². The van der Waals surface area contributed by atoms with Gasteiger partial charge in [-0.2, -0.15) is 0 Å². The van der Waals surface area contributed by atoms with Gasteiger partial charge in [-0.15, -0.1) is 0 Å². The zero-order valence-corrected chi connectivity index (χ0v) is 10.6. The summed E-state index contributed by atoms with van der Waals surface area (Å²) in [5.41, 5.74) is 0.920. The molecule has 1 N–H and O–H groups in total. The molecule has 92 valence electrons. The Hall–Kier alpha value is -1.62. The Balaban J connectivity index is 2.04. The lowest BCUT2D eigenvalue weighted by molar-refractivity contribution is 0.373. The molecule has 2 atom stereocenters. The summed E-state index contributed by atoms with van der Waals surface area (Å²) in [7, 11) is 1.99. The first-order chi connectivity index (χ1) is 8.08. The monoisotopic (exact) mass is 234 g/mol. The lowest BCUT2D eigenvalue weighted by Gasteiger charge is -2.17. The minimum Gasteiger partial charge on any atom is -0.361 e. The normalized spacial score (nSPS) is 14.8. The summed E-state index contributed by atoms with van der Waals surface area (Å²) in [6.45, 7) is 6.05. The molecular formula is C12H18N4O. The van der Waals surface area contributed by atoms with Gasteiger partial charge < -0.3 is 9.09 Å². The molecular weight excluding hydrogens is 216 g/mol. The van der Waals surface area contributed by atoms with Crippen molar-refractivity contribution >= 4 is 0 Å². The Bertz CT molecular complexity index is 488. The van der Waals surface area contributed by atoms with Gasteiger partial charge in [-0.05, 0) is 20.8 Å². The van der Waals surface area contributed by atoms with Crippen LogP contribution in [0.15, 0.2) is 23.0 Å². The van der Waals surface area contributed by atoms with Crippen LogP contribution in [0.5, 0.6) is 0 Å². The number of nitrogens with one attached hydrogen (secondary N) is 1. The average Bonchev–Trinajstić information content (AvgIpc) is 2.86. The molecule has 0 aliphatic carbocycles. The summed E-state index contributed by atoms with van der Waals surface area (Å²) in [4.78, 5) is 4.32. The van der Waals surface area contributed by atoms with Crippen LogP contribution in [0.25, 0.3) is 0 Å². The van der Waals surface area contributed by atoms with Crippen LogP contribution in [0.2, 0.25) is 0 Å². The second-order valence-electron chi connectivity index (χ2n) is 4.37. The van der Waals surface area contributed by atoms with Crippen LogP contribution in [-0.2, 0) is 7.05 Å². The predicted molar refractivity (Wildman–Crippen MR) is 64.4 cm³/mol. The van der Waals surface area contributed by atoms with Gasteiger partial charge in [0.2, 0.25) is 0 Å². The number of hydrogen-bond acceptors (Lipinski definition) is 4. The largest absolute Gasteiger partial charge is 0.361 e. The van der Waals surface area contributed by atoms with Gasteiger partial charge in [-0.1, -0.05) is 5.16 Å². The van der Waals surface area contributed by atoms with Crippen LogP contribution in [0.4, 0.5) is 0 Å². The molecule has 0 aliphatic heterocycles. The predicted octanol–water partition coefficient (Wildman–Crippen LogP) is 2.13. The third kappa shape index (κ3) is 2.55. The second-order valence-corrected chi connectivity index (χ2v) is 4.37. The molecule has 0 amide bonds. The van der Waals surface area contributed by atoms with Gasteiger partial charge >= 0.3 is 0 Å². The molecule has 0 saturated carbocycles. The van der Waals surface area contributed by atoms with E-state index >= 15 is 0 Å². The van der Waals surface area contributed by atoms with E-state index in [9.17, 15) is 0 Å². The van der Waals surface area contributed by atoms with Crippen LogP contribution in [0.3, 0.4) is 0 Å². The fraction of sp³-hybridized carbons (Fsp3) is 0.500. The van der Waals surface area contributed by atoms with Crippen molar-refractivity contribution in [1.29, 1.82) is 0 Å². The molecule has 0 bridgehead atoms. The van der Waals surface area contributed by atoms with Crippen molar-refractivity contribution in [1.82, 2.24) is 20.0 Å². The van der Waals surface area contributed by atoms with Crippen molar-refractivity contribution in [2.24, 2.45) is 7.05 Å². The Morgan fingerprint density at radius 2 is 2.12 bits per heavy atom. The molecule has 2 aromatic rings. The van der Waals surface area contributed by atoms with Crippen molar-refractivity contribution in [2.75, 3.05) is 0 Å². The molecule has 2 unspecified atom stereocenters. The van der Waals surface area contributed by atoms with Crippen LogP contribution in [-0.4, -0.2) is 14.7 Å². The lowest BCUT2D eigenvalue weighted by atomic mass is 10.2. The first kappa shape index (κ1) is 11.9. The smallest absolute Gasteiger partial charge is 0.133 e. The fourth-order valence-corrected chi connectivity index (χ4v) is 1.92. The summed E-state index contributed by atoms with van der Waals surface area (Å²) in [6, 6.07) is 2.25. The number of aromatic nitrogens is 3. The number of rotatable bonds is 4. The van der Waals surface area contributed by atoms with Gasteiger partial charge in [0.05, 0.1) is 12.1 Å². The first-order valence-electron chi connectivity index (χ1n) is 5.74. The summed E-state index contributed by atoms with van der Waals surface area (Å²) >= 11 is 0. The van der Waals surface area contributed by atoms with Gasteiger partial charge in [0, 0.05) is 25.5 Å². The molecule has 0 spiro atoms. The zero-order valence-electron chi connectivity index (χ0n) is 10.6. The van der Waals surface area contributed by atoms with Crippen molar-refractivity contribution in [3.63, 3.8) is 0 Å². The quantitative estimate of drug-likeness (QED) is 0.880. The van der Waals surface area contributed by atoms with Crippen molar-refractivity contribution in [3.8, 4) is 0 Å². The minimum absolute atomic E-state index is 0.138. The fourth-order valence-electron chi connectivity index (χ4n) is 1.92. The van der Waals surface area contributed by atoms with Crippen molar-refractivity contribution in [3.05, 3.63) is 35.7 Å². The number of hydrogen-bond donors (Lipinski definition) is 1. The van der Waals surface area contributed by atoms with Crippen LogP contribution in [0, 0.1) is 6.92 Å². The van der Waals surface area contributed by atoms with Crippen LogP contribution < -0.4 is 5.32 Å². The number of nitrogens with zero attached hydrogens (tertiary/aromatic N) is 3. The first-order valence-corrected chi connectivity index (χ1v) is 5.74. The van der Waals surface area contributed by atoms with Gasteiger partial charge in [0.15, 0.2) is 0 Å². The minimum atomic E-state index is 0.138. The van der Waals surface area contributed by atoms with Crippen LogP contribution >= 0.6 is 0 Å².